The third-order valence-electron chi connectivity index (χ3n) is 2.24. The van der Waals surface area contributed by atoms with Crippen molar-refractivity contribution in [3.8, 4) is 18.1 Å². The van der Waals surface area contributed by atoms with Gasteiger partial charge < -0.3 is 9.47 Å². The third kappa shape index (κ3) is 4.23. The number of hydrogen-bond donors (Lipinski definition) is 0. The lowest BCUT2D eigenvalue weighted by Gasteiger charge is -2.06. The van der Waals surface area contributed by atoms with E-state index in [0.717, 1.165) is 16.7 Å². The molecule has 0 aliphatic rings. The van der Waals surface area contributed by atoms with Crippen LogP contribution in [0.4, 0.5) is 0 Å². The molecule has 0 spiro atoms. The summed E-state index contributed by atoms with van der Waals surface area (Å²) in [6.07, 6.45) is 6.93. The zero-order valence-corrected chi connectivity index (χ0v) is 11.5. The lowest BCUT2D eigenvalue weighted by molar-refractivity contribution is 0.146. The predicted octanol–water partition coefficient (Wildman–Crippen LogP) is 2.66. The minimum absolute atomic E-state index is 0.394. The quantitative estimate of drug-likeness (QED) is 0.624. The van der Waals surface area contributed by atoms with Gasteiger partial charge in [-0.2, -0.15) is 0 Å². The van der Waals surface area contributed by atoms with Crippen LogP contribution in [0, 0.1) is 12.3 Å². The summed E-state index contributed by atoms with van der Waals surface area (Å²) >= 11 is 0. The summed E-state index contributed by atoms with van der Waals surface area (Å²) in [5.74, 6) is 3.57. The fraction of sp³-hybridized carbons (Fsp3) is 0.333. The summed E-state index contributed by atoms with van der Waals surface area (Å²) in [7, 11) is 1.64. The summed E-state index contributed by atoms with van der Waals surface area (Å²) in [6.45, 7) is 5.08. The van der Waals surface area contributed by atoms with Gasteiger partial charge in [0.15, 0.2) is 0 Å². The second-order valence-corrected chi connectivity index (χ2v) is 3.40. The first kappa shape index (κ1) is 14.9. The molecule has 0 amide bonds. The lowest BCUT2D eigenvalue weighted by atomic mass is 10.2. The number of terminal acetylenes is 1. The molecule has 0 aliphatic heterocycles. The highest BCUT2D eigenvalue weighted by Crippen LogP contribution is 2.18. The predicted molar refractivity (Wildman–Crippen MR) is 76.2 cm³/mol. The van der Waals surface area contributed by atoms with E-state index in [1.807, 2.05) is 32.0 Å². The molecule has 2 rings (SSSR count). The van der Waals surface area contributed by atoms with Gasteiger partial charge in [-0.05, 0) is 24.1 Å². The molecule has 0 bridgehead atoms. The molecular weight excluding hydrogens is 240 g/mol. The first-order valence-corrected chi connectivity index (χ1v) is 6.18. The number of hydrogen-bond acceptors (Lipinski definition) is 4. The smallest absolute Gasteiger partial charge is 0.205 e. The topological polar surface area (TPSA) is 44.2 Å². The third-order valence-corrected chi connectivity index (χ3v) is 2.24. The highest BCUT2D eigenvalue weighted by atomic mass is 16.5. The van der Waals surface area contributed by atoms with Gasteiger partial charge in [-0.15, -0.1) is 6.42 Å². The lowest BCUT2D eigenvalue weighted by Crippen LogP contribution is -2.04. The van der Waals surface area contributed by atoms with Crippen molar-refractivity contribution in [1.82, 2.24) is 9.97 Å². The fourth-order valence-corrected chi connectivity index (χ4v) is 1.41. The van der Waals surface area contributed by atoms with Crippen LogP contribution in [0.15, 0.2) is 24.4 Å². The van der Waals surface area contributed by atoms with E-state index in [1.165, 1.54) is 0 Å². The van der Waals surface area contributed by atoms with Gasteiger partial charge in [-0.1, -0.05) is 13.8 Å². The number of methoxy groups -OCH3 is 1. The van der Waals surface area contributed by atoms with Crippen molar-refractivity contribution in [2.24, 2.45) is 0 Å². The monoisotopic (exact) mass is 258 g/mol. The van der Waals surface area contributed by atoms with Gasteiger partial charge in [-0.25, -0.2) is 9.97 Å². The normalized spacial score (nSPS) is 9.37. The van der Waals surface area contributed by atoms with E-state index >= 15 is 0 Å². The minimum atomic E-state index is 0.394. The molecule has 1 heterocycles. The van der Waals surface area contributed by atoms with Crippen LogP contribution in [0.3, 0.4) is 0 Å². The molecule has 2 aromatic rings. The van der Waals surface area contributed by atoms with Gasteiger partial charge in [-0.3, -0.25) is 0 Å². The fourth-order valence-electron chi connectivity index (χ4n) is 1.41. The van der Waals surface area contributed by atoms with E-state index in [1.54, 1.807) is 13.3 Å². The second kappa shape index (κ2) is 8.06. The molecule has 0 N–H and O–H groups in total. The average Bonchev–Trinajstić information content (AvgIpc) is 2.49. The van der Waals surface area contributed by atoms with E-state index in [0.29, 0.717) is 19.0 Å². The van der Waals surface area contributed by atoms with Crippen LogP contribution in [-0.4, -0.2) is 30.3 Å². The Balaban J connectivity index is 0.000000861. The molecule has 0 radical (unpaired) electrons. The van der Waals surface area contributed by atoms with E-state index in [4.69, 9.17) is 15.9 Å². The zero-order chi connectivity index (χ0) is 14.1. The highest BCUT2D eigenvalue weighted by Gasteiger charge is 2.00. The molecule has 1 aromatic carbocycles. The standard InChI is InChI=1S/C13H12N2O2.C2H6/c1-3-13-14-9-10-8-11(17-7-6-16-2)4-5-12(10)15-13;1-2/h1,4-5,8-9H,6-7H2,2H3;1-2H3. The van der Waals surface area contributed by atoms with Crippen LogP contribution < -0.4 is 4.74 Å². The first-order valence-electron chi connectivity index (χ1n) is 6.18. The van der Waals surface area contributed by atoms with Gasteiger partial charge in [0.1, 0.15) is 12.4 Å². The Hall–Kier alpha value is -2.12. The number of nitrogens with zero attached hydrogens (tertiary/aromatic N) is 2. The Morgan fingerprint density at radius 1 is 1.26 bits per heavy atom. The number of ether oxygens (including phenoxy) is 2. The number of fused-ring (bicyclic) bond motifs is 1. The van der Waals surface area contributed by atoms with Crippen molar-refractivity contribution in [3.63, 3.8) is 0 Å². The van der Waals surface area contributed by atoms with Crippen molar-refractivity contribution in [2.45, 2.75) is 13.8 Å². The Kier molecular flexibility index (Phi) is 6.34. The summed E-state index contributed by atoms with van der Waals surface area (Å²) < 4.78 is 10.4. The zero-order valence-electron chi connectivity index (χ0n) is 11.5. The second-order valence-electron chi connectivity index (χ2n) is 3.40. The molecule has 0 saturated heterocycles. The first-order chi connectivity index (χ1) is 9.33. The largest absolute Gasteiger partial charge is 0.491 e. The van der Waals surface area contributed by atoms with Crippen molar-refractivity contribution >= 4 is 10.9 Å². The van der Waals surface area contributed by atoms with Crippen molar-refractivity contribution in [2.75, 3.05) is 20.3 Å². The van der Waals surface area contributed by atoms with Gasteiger partial charge in [0.25, 0.3) is 0 Å². The Labute approximate surface area is 113 Å². The summed E-state index contributed by atoms with van der Waals surface area (Å²) in [6, 6.07) is 5.59. The van der Waals surface area contributed by atoms with Crippen LogP contribution in [0.5, 0.6) is 5.75 Å². The summed E-state index contributed by atoms with van der Waals surface area (Å²) in [5, 5.41) is 0.902. The maximum atomic E-state index is 5.49. The van der Waals surface area contributed by atoms with Crippen molar-refractivity contribution in [3.05, 3.63) is 30.2 Å². The molecule has 0 unspecified atom stereocenters. The van der Waals surface area contributed by atoms with Crippen LogP contribution in [-0.2, 0) is 4.74 Å². The maximum absolute atomic E-state index is 5.49. The van der Waals surface area contributed by atoms with Crippen LogP contribution in [0.2, 0.25) is 0 Å². The molecule has 0 fully saturated rings. The Bertz CT molecular complexity index is 562. The van der Waals surface area contributed by atoms with E-state index in [9.17, 15) is 0 Å². The van der Waals surface area contributed by atoms with Crippen molar-refractivity contribution in [1.29, 1.82) is 0 Å². The number of rotatable bonds is 4. The minimum Gasteiger partial charge on any atom is -0.491 e. The molecule has 4 nitrogen and oxygen atoms in total. The van der Waals surface area contributed by atoms with Gasteiger partial charge >= 0.3 is 0 Å². The molecule has 19 heavy (non-hydrogen) atoms. The molecule has 0 aliphatic carbocycles. The van der Waals surface area contributed by atoms with Crippen LogP contribution >= 0.6 is 0 Å². The average molecular weight is 258 g/mol. The van der Waals surface area contributed by atoms with Crippen molar-refractivity contribution < 1.29 is 9.47 Å². The molecule has 100 valence electrons. The van der Waals surface area contributed by atoms with Crippen LogP contribution in [0.25, 0.3) is 10.9 Å². The molecule has 0 saturated carbocycles. The van der Waals surface area contributed by atoms with E-state index < -0.39 is 0 Å². The highest BCUT2D eigenvalue weighted by molar-refractivity contribution is 5.79. The summed E-state index contributed by atoms with van der Waals surface area (Å²) in [4.78, 5) is 8.24. The SMILES string of the molecule is C#Cc1ncc2cc(OCCOC)ccc2n1.CC. The van der Waals surface area contributed by atoms with Crippen LogP contribution in [0.1, 0.15) is 19.7 Å². The Morgan fingerprint density at radius 2 is 2.05 bits per heavy atom. The van der Waals surface area contributed by atoms with E-state index in [2.05, 4.69) is 15.9 Å². The summed E-state index contributed by atoms with van der Waals surface area (Å²) in [5.41, 5.74) is 0.812. The van der Waals surface area contributed by atoms with E-state index in [-0.39, 0.29) is 0 Å². The van der Waals surface area contributed by atoms with Gasteiger partial charge in [0.05, 0.1) is 12.1 Å². The molecular formula is C15H18N2O2. The number of aromatic nitrogens is 2. The maximum Gasteiger partial charge on any atom is 0.205 e. The number of benzene rings is 1. The molecule has 4 heteroatoms. The van der Waals surface area contributed by atoms with Gasteiger partial charge in [0, 0.05) is 18.7 Å². The Morgan fingerprint density at radius 3 is 2.74 bits per heavy atom. The van der Waals surface area contributed by atoms with Gasteiger partial charge in [0.2, 0.25) is 5.82 Å². The molecule has 0 atom stereocenters. The molecule has 1 aromatic heterocycles.